The number of nitrogens with zero attached hydrogens (tertiary/aromatic N) is 1. The molecule has 2 unspecified atom stereocenters. The number of carbonyl (C=O) groups is 1. The zero-order valence-corrected chi connectivity index (χ0v) is 13.5. The van der Waals surface area contributed by atoms with Crippen molar-refractivity contribution in [3.05, 3.63) is 48.0 Å². The van der Waals surface area contributed by atoms with Crippen LogP contribution < -0.4 is 5.32 Å². The van der Waals surface area contributed by atoms with Crippen LogP contribution in [0.2, 0.25) is 0 Å². The molecule has 2 atom stereocenters. The van der Waals surface area contributed by atoms with Gasteiger partial charge in [-0.15, -0.1) is 0 Å². The summed E-state index contributed by atoms with van der Waals surface area (Å²) in [7, 11) is 0. The van der Waals surface area contributed by atoms with E-state index < -0.39 is 0 Å². The van der Waals surface area contributed by atoms with Crippen molar-refractivity contribution >= 4 is 16.7 Å². The predicted octanol–water partition coefficient (Wildman–Crippen LogP) is 3.50. The second-order valence-corrected chi connectivity index (χ2v) is 6.80. The molecule has 1 amide bonds. The van der Waals surface area contributed by atoms with E-state index in [2.05, 4.69) is 52.7 Å². The lowest BCUT2D eigenvalue weighted by Crippen LogP contribution is -2.42. The first-order chi connectivity index (χ1) is 11.3. The highest BCUT2D eigenvalue weighted by atomic mass is 16.2. The van der Waals surface area contributed by atoms with Gasteiger partial charge in [0, 0.05) is 13.1 Å². The van der Waals surface area contributed by atoms with E-state index in [-0.39, 0.29) is 12.0 Å². The van der Waals surface area contributed by atoms with Crippen molar-refractivity contribution in [3.8, 4) is 0 Å². The average Bonchev–Trinajstić information content (AvgIpc) is 3.11. The summed E-state index contributed by atoms with van der Waals surface area (Å²) < 4.78 is 0. The van der Waals surface area contributed by atoms with Gasteiger partial charge in [0.1, 0.15) is 0 Å². The molecular weight excluding hydrogens is 284 g/mol. The number of nitrogens with one attached hydrogen (secondary N) is 1. The molecule has 4 rings (SSSR count). The fourth-order valence-electron chi connectivity index (χ4n) is 4.19. The van der Waals surface area contributed by atoms with Crippen molar-refractivity contribution in [2.75, 3.05) is 19.6 Å². The standard InChI is InChI=1S/C20H24N2O/c23-20(16-8-4-12-21-14-16)22-13-5-11-19(22)18-10-3-7-15-6-1-2-9-17(15)18/h1-3,6-7,9-10,16,19,21H,4-5,8,11-14H2. The Morgan fingerprint density at radius 1 is 1.04 bits per heavy atom. The fourth-order valence-corrected chi connectivity index (χ4v) is 4.19. The summed E-state index contributed by atoms with van der Waals surface area (Å²) in [6.07, 6.45) is 4.34. The molecule has 2 saturated heterocycles. The minimum absolute atomic E-state index is 0.166. The largest absolute Gasteiger partial charge is 0.335 e. The number of hydrogen-bond acceptors (Lipinski definition) is 2. The highest BCUT2D eigenvalue weighted by Crippen LogP contribution is 2.37. The molecule has 120 valence electrons. The molecule has 0 aromatic heterocycles. The number of rotatable bonds is 2. The maximum Gasteiger partial charge on any atom is 0.227 e. The van der Waals surface area contributed by atoms with Crippen molar-refractivity contribution in [1.29, 1.82) is 0 Å². The van der Waals surface area contributed by atoms with Gasteiger partial charge in [-0.05, 0) is 48.6 Å². The number of hydrogen-bond donors (Lipinski definition) is 1. The molecule has 2 aliphatic rings. The second-order valence-electron chi connectivity index (χ2n) is 6.80. The number of likely N-dealkylation sites (tertiary alicyclic amines) is 1. The van der Waals surface area contributed by atoms with Crippen LogP contribution in [0.5, 0.6) is 0 Å². The van der Waals surface area contributed by atoms with Crippen LogP contribution in [0.4, 0.5) is 0 Å². The Morgan fingerprint density at radius 3 is 2.78 bits per heavy atom. The molecule has 0 saturated carbocycles. The van der Waals surface area contributed by atoms with Crippen LogP contribution in [0.3, 0.4) is 0 Å². The van der Waals surface area contributed by atoms with Crippen LogP contribution in [0.25, 0.3) is 10.8 Å². The molecular formula is C20H24N2O. The molecule has 23 heavy (non-hydrogen) atoms. The van der Waals surface area contributed by atoms with Crippen molar-refractivity contribution in [3.63, 3.8) is 0 Å². The average molecular weight is 308 g/mol. The molecule has 2 aromatic carbocycles. The first kappa shape index (κ1) is 14.7. The topological polar surface area (TPSA) is 32.3 Å². The molecule has 2 aromatic rings. The third kappa shape index (κ3) is 2.74. The van der Waals surface area contributed by atoms with Gasteiger partial charge in [-0.2, -0.15) is 0 Å². The fraction of sp³-hybridized carbons (Fsp3) is 0.450. The third-order valence-corrected chi connectivity index (χ3v) is 5.36. The molecule has 1 N–H and O–H groups in total. The van der Waals surface area contributed by atoms with Gasteiger partial charge in [-0.25, -0.2) is 0 Å². The number of piperidine rings is 1. The van der Waals surface area contributed by atoms with E-state index >= 15 is 0 Å². The summed E-state index contributed by atoms with van der Waals surface area (Å²) in [5.41, 5.74) is 1.32. The smallest absolute Gasteiger partial charge is 0.227 e. The van der Waals surface area contributed by atoms with Crippen LogP contribution in [0.15, 0.2) is 42.5 Å². The van der Waals surface area contributed by atoms with Crippen LogP contribution in [0, 0.1) is 5.92 Å². The summed E-state index contributed by atoms with van der Waals surface area (Å²) in [5.74, 6) is 0.520. The minimum Gasteiger partial charge on any atom is -0.335 e. The van der Waals surface area contributed by atoms with E-state index in [4.69, 9.17) is 0 Å². The predicted molar refractivity (Wildman–Crippen MR) is 93.2 cm³/mol. The van der Waals surface area contributed by atoms with Crippen molar-refractivity contribution in [2.24, 2.45) is 5.92 Å². The van der Waals surface area contributed by atoms with E-state index in [1.165, 1.54) is 16.3 Å². The highest BCUT2D eigenvalue weighted by Gasteiger charge is 2.34. The van der Waals surface area contributed by atoms with Crippen LogP contribution in [-0.2, 0) is 4.79 Å². The Hall–Kier alpha value is -1.87. The Morgan fingerprint density at radius 2 is 1.91 bits per heavy atom. The molecule has 2 fully saturated rings. The Kier molecular flexibility index (Phi) is 4.04. The van der Waals surface area contributed by atoms with Gasteiger partial charge in [-0.1, -0.05) is 42.5 Å². The number of amides is 1. The van der Waals surface area contributed by atoms with E-state index in [1.807, 2.05) is 0 Å². The van der Waals surface area contributed by atoms with Crippen molar-refractivity contribution < 1.29 is 4.79 Å². The van der Waals surface area contributed by atoms with Gasteiger partial charge in [0.15, 0.2) is 0 Å². The first-order valence-electron chi connectivity index (χ1n) is 8.83. The van der Waals surface area contributed by atoms with Gasteiger partial charge in [0.2, 0.25) is 5.91 Å². The van der Waals surface area contributed by atoms with E-state index in [1.54, 1.807) is 0 Å². The maximum atomic E-state index is 13.0. The summed E-state index contributed by atoms with van der Waals surface area (Å²) in [5, 5.41) is 5.94. The normalized spacial score (nSPS) is 25.0. The monoisotopic (exact) mass is 308 g/mol. The van der Waals surface area contributed by atoms with E-state index in [9.17, 15) is 4.79 Å². The van der Waals surface area contributed by atoms with E-state index in [0.29, 0.717) is 5.91 Å². The summed E-state index contributed by atoms with van der Waals surface area (Å²) in [6, 6.07) is 15.3. The van der Waals surface area contributed by atoms with Gasteiger partial charge in [-0.3, -0.25) is 4.79 Å². The lowest BCUT2D eigenvalue weighted by molar-refractivity contribution is -0.137. The molecule has 0 bridgehead atoms. The van der Waals surface area contributed by atoms with Gasteiger partial charge >= 0.3 is 0 Å². The quantitative estimate of drug-likeness (QED) is 0.921. The first-order valence-corrected chi connectivity index (χ1v) is 8.83. The van der Waals surface area contributed by atoms with Crippen LogP contribution in [-0.4, -0.2) is 30.4 Å². The van der Waals surface area contributed by atoms with E-state index in [0.717, 1.165) is 45.3 Å². The van der Waals surface area contributed by atoms with Gasteiger partial charge in [0.25, 0.3) is 0 Å². The lowest BCUT2D eigenvalue weighted by atomic mass is 9.94. The van der Waals surface area contributed by atoms with Crippen LogP contribution in [0.1, 0.15) is 37.3 Å². The zero-order chi connectivity index (χ0) is 15.6. The molecule has 2 heterocycles. The lowest BCUT2D eigenvalue weighted by Gasteiger charge is -2.31. The maximum absolute atomic E-state index is 13.0. The Balaban J connectivity index is 1.65. The Bertz CT molecular complexity index is 700. The van der Waals surface area contributed by atoms with Crippen LogP contribution >= 0.6 is 0 Å². The molecule has 0 aliphatic carbocycles. The zero-order valence-electron chi connectivity index (χ0n) is 13.5. The second kappa shape index (κ2) is 6.32. The highest BCUT2D eigenvalue weighted by molar-refractivity contribution is 5.87. The number of carbonyl (C=O) groups excluding carboxylic acids is 1. The summed E-state index contributed by atoms with van der Waals surface area (Å²) >= 11 is 0. The Labute approximate surface area is 137 Å². The molecule has 0 spiro atoms. The molecule has 0 radical (unpaired) electrons. The molecule has 3 nitrogen and oxygen atoms in total. The molecule has 2 aliphatic heterocycles. The summed E-state index contributed by atoms with van der Waals surface area (Å²) in [4.78, 5) is 15.2. The third-order valence-electron chi connectivity index (χ3n) is 5.36. The SMILES string of the molecule is O=C(C1CCCNC1)N1CCCC1c1cccc2ccccc12. The minimum atomic E-state index is 0.166. The van der Waals surface area contributed by atoms with Gasteiger partial charge < -0.3 is 10.2 Å². The van der Waals surface area contributed by atoms with Crippen molar-refractivity contribution in [1.82, 2.24) is 10.2 Å². The number of benzene rings is 2. The van der Waals surface area contributed by atoms with Crippen molar-refractivity contribution in [2.45, 2.75) is 31.7 Å². The van der Waals surface area contributed by atoms with Gasteiger partial charge in [0.05, 0.1) is 12.0 Å². The number of fused-ring (bicyclic) bond motifs is 1. The summed E-state index contributed by atoms with van der Waals surface area (Å²) in [6.45, 7) is 2.80. The molecule has 3 heteroatoms.